The smallest absolute Gasteiger partial charge is 0.190 e. The van der Waals surface area contributed by atoms with Crippen molar-refractivity contribution in [3.63, 3.8) is 0 Å². The normalized spacial score (nSPS) is 22.4. The summed E-state index contributed by atoms with van der Waals surface area (Å²) in [4.78, 5) is 19.7. The van der Waals surface area contributed by atoms with Gasteiger partial charge in [0.05, 0.1) is 17.0 Å². The van der Waals surface area contributed by atoms with Gasteiger partial charge in [0.25, 0.3) is 0 Å². The van der Waals surface area contributed by atoms with Crippen LogP contribution in [0.5, 0.6) is 0 Å². The molecule has 114 valence electrons. The maximum atomic E-state index is 12.2. The second kappa shape index (κ2) is 5.25. The summed E-state index contributed by atoms with van der Waals surface area (Å²) in [7, 11) is 1.79. The third kappa shape index (κ3) is 2.04. The molecule has 5 heteroatoms. The van der Waals surface area contributed by atoms with Crippen LogP contribution in [0.15, 0.2) is 35.5 Å². The van der Waals surface area contributed by atoms with Gasteiger partial charge < -0.3 is 14.3 Å². The molecule has 3 aromatic heterocycles. The fraction of sp³-hybridized carbons (Fsp3) is 0.412. The van der Waals surface area contributed by atoms with Crippen LogP contribution in [0.2, 0.25) is 0 Å². The number of H-pyrrole nitrogens is 1. The van der Waals surface area contributed by atoms with E-state index in [1.807, 2.05) is 18.5 Å². The van der Waals surface area contributed by atoms with Crippen molar-refractivity contribution in [2.75, 3.05) is 7.11 Å². The molecule has 0 bridgehead atoms. The Kier molecular flexibility index (Phi) is 3.22. The van der Waals surface area contributed by atoms with E-state index in [2.05, 4.69) is 14.5 Å². The summed E-state index contributed by atoms with van der Waals surface area (Å²) in [5.74, 6) is 0. The average molecular weight is 297 g/mol. The van der Waals surface area contributed by atoms with Crippen LogP contribution in [-0.4, -0.2) is 27.7 Å². The lowest BCUT2D eigenvalue weighted by Crippen LogP contribution is -2.23. The van der Waals surface area contributed by atoms with E-state index in [1.165, 1.54) is 0 Å². The molecular weight excluding hydrogens is 278 g/mol. The van der Waals surface area contributed by atoms with Crippen LogP contribution in [-0.2, 0) is 4.74 Å². The van der Waals surface area contributed by atoms with Crippen molar-refractivity contribution >= 4 is 21.9 Å². The first-order chi connectivity index (χ1) is 10.8. The third-order valence-electron chi connectivity index (χ3n) is 4.84. The van der Waals surface area contributed by atoms with Crippen LogP contribution in [0.4, 0.5) is 0 Å². The number of aromatic nitrogens is 3. The second-order valence-corrected chi connectivity index (χ2v) is 6.01. The first-order valence-electron chi connectivity index (χ1n) is 7.77. The highest BCUT2D eigenvalue weighted by Crippen LogP contribution is 2.33. The van der Waals surface area contributed by atoms with Gasteiger partial charge in [-0.25, -0.2) is 4.98 Å². The largest absolute Gasteiger partial charge is 0.381 e. The highest BCUT2D eigenvalue weighted by Gasteiger charge is 2.23. The number of nitrogens with one attached hydrogen (secondary N) is 1. The zero-order chi connectivity index (χ0) is 15.1. The molecule has 22 heavy (non-hydrogen) atoms. The lowest BCUT2D eigenvalue weighted by atomic mass is 9.92. The number of pyridine rings is 2. The first kappa shape index (κ1) is 13.5. The van der Waals surface area contributed by atoms with E-state index in [9.17, 15) is 4.79 Å². The number of nitrogens with zero attached hydrogens (tertiary/aromatic N) is 2. The van der Waals surface area contributed by atoms with Gasteiger partial charge in [0.1, 0.15) is 5.65 Å². The quantitative estimate of drug-likeness (QED) is 0.791. The van der Waals surface area contributed by atoms with E-state index in [-0.39, 0.29) is 5.43 Å². The van der Waals surface area contributed by atoms with Gasteiger partial charge in [-0.3, -0.25) is 4.79 Å². The van der Waals surface area contributed by atoms with Crippen LogP contribution < -0.4 is 5.43 Å². The SMILES string of the molecule is CO[C@H]1CC[C@H](n2ccc(=O)c3cnc4[nH]ccc4c32)CC1. The number of methoxy groups -OCH3 is 1. The van der Waals surface area contributed by atoms with Crippen LogP contribution in [0.3, 0.4) is 0 Å². The van der Waals surface area contributed by atoms with Crippen molar-refractivity contribution in [1.29, 1.82) is 0 Å². The summed E-state index contributed by atoms with van der Waals surface area (Å²) in [5.41, 5.74) is 1.87. The zero-order valence-corrected chi connectivity index (χ0v) is 12.6. The Labute approximate surface area is 127 Å². The van der Waals surface area contributed by atoms with Crippen molar-refractivity contribution in [3.05, 3.63) is 40.9 Å². The molecule has 1 fully saturated rings. The van der Waals surface area contributed by atoms with Crippen LogP contribution in [0.25, 0.3) is 21.9 Å². The van der Waals surface area contributed by atoms with Gasteiger partial charge in [-0.05, 0) is 31.7 Å². The number of rotatable bonds is 2. The molecule has 0 saturated heterocycles. The molecule has 3 aromatic rings. The lowest BCUT2D eigenvalue weighted by Gasteiger charge is -2.30. The second-order valence-electron chi connectivity index (χ2n) is 6.01. The Morgan fingerprint density at radius 3 is 2.82 bits per heavy atom. The van der Waals surface area contributed by atoms with Crippen LogP contribution >= 0.6 is 0 Å². The summed E-state index contributed by atoms with van der Waals surface area (Å²) in [6.07, 6.45) is 10.2. The van der Waals surface area contributed by atoms with Crippen molar-refractivity contribution in [2.24, 2.45) is 0 Å². The van der Waals surface area contributed by atoms with Crippen LogP contribution in [0.1, 0.15) is 31.7 Å². The molecule has 4 rings (SSSR count). The molecule has 0 radical (unpaired) electrons. The number of aromatic amines is 1. The number of fused-ring (bicyclic) bond motifs is 3. The molecule has 1 saturated carbocycles. The summed E-state index contributed by atoms with van der Waals surface area (Å²) in [6.45, 7) is 0. The number of hydrogen-bond donors (Lipinski definition) is 1. The molecular formula is C17H19N3O2. The Morgan fingerprint density at radius 1 is 1.23 bits per heavy atom. The van der Waals surface area contributed by atoms with E-state index >= 15 is 0 Å². The minimum absolute atomic E-state index is 0.0347. The van der Waals surface area contributed by atoms with E-state index in [1.54, 1.807) is 19.4 Å². The van der Waals surface area contributed by atoms with Gasteiger partial charge in [-0.1, -0.05) is 0 Å². The Balaban J connectivity index is 1.89. The summed E-state index contributed by atoms with van der Waals surface area (Å²) < 4.78 is 7.73. The summed E-state index contributed by atoms with van der Waals surface area (Å²) >= 11 is 0. The molecule has 0 aromatic carbocycles. The van der Waals surface area contributed by atoms with Gasteiger partial charge in [-0.2, -0.15) is 0 Å². The zero-order valence-electron chi connectivity index (χ0n) is 12.6. The van der Waals surface area contributed by atoms with Gasteiger partial charge in [-0.15, -0.1) is 0 Å². The molecule has 0 amide bonds. The minimum atomic E-state index is 0.0347. The maximum absolute atomic E-state index is 12.2. The molecule has 1 aliphatic carbocycles. The van der Waals surface area contributed by atoms with E-state index in [0.717, 1.165) is 42.2 Å². The monoisotopic (exact) mass is 297 g/mol. The predicted molar refractivity (Wildman–Crippen MR) is 86.2 cm³/mol. The molecule has 0 unspecified atom stereocenters. The van der Waals surface area contributed by atoms with Gasteiger partial charge in [0.2, 0.25) is 0 Å². The van der Waals surface area contributed by atoms with E-state index < -0.39 is 0 Å². The topological polar surface area (TPSA) is 59.9 Å². The van der Waals surface area contributed by atoms with Gasteiger partial charge in [0, 0.05) is 43.2 Å². The van der Waals surface area contributed by atoms with Crippen LogP contribution in [0, 0.1) is 0 Å². The fourth-order valence-electron chi connectivity index (χ4n) is 3.63. The van der Waals surface area contributed by atoms with Gasteiger partial charge in [0.15, 0.2) is 5.43 Å². The van der Waals surface area contributed by atoms with Crippen molar-refractivity contribution in [2.45, 2.75) is 37.8 Å². The highest BCUT2D eigenvalue weighted by atomic mass is 16.5. The summed E-state index contributed by atoms with van der Waals surface area (Å²) in [6, 6.07) is 4.07. The first-order valence-corrected chi connectivity index (χ1v) is 7.77. The molecule has 0 aliphatic heterocycles. The summed E-state index contributed by atoms with van der Waals surface area (Å²) in [5, 5.41) is 1.72. The number of hydrogen-bond acceptors (Lipinski definition) is 3. The van der Waals surface area contributed by atoms with E-state index in [4.69, 9.17) is 4.74 Å². The van der Waals surface area contributed by atoms with Crippen molar-refractivity contribution in [3.8, 4) is 0 Å². The molecule has 1 N–H and O–H groups in total. The molecule has 0 spiro atoms. The standard InChI is InChI=1S/C17H19N3O2/c1-22-12-4-2-11(3-5-12)20-9-7-15(21)14-10-19-17-13(16(14)20)6-8-18-17/h6-12H,2-5H2,1H3,(H,18,19)/t11-,12-. The van der Waals surface area contributed by atoms with E-state index in [0.29, 0.717) is 17.5 Å². The Bertz CT molecular complexity index is 872. The van der Waals surface area contributed by atoms with Crippen molar-refractivity contribution < 1.29 is 4.74 Å². The fourth-order valence-corrected chi connectivity index (χ4v) is 3.63. The molecule has 5 nitrogen and oxygen atoms in total. The Hall–Kier alpha value is -2.14. The number of ether oxygens (including phenoxy) is 1. The predicted octanol–water partition coefficient (Wildman–Crippen LogP) is 3.01. The maximum Gasteiger partial charge on any atom is 0.190 e. The minimum Gasteiger partial charge on any atom is -0.381 e. The average Bonchev–Trinajstić information content (AvgIpc) is 3.04. The lowest BCUT2D eigenvalue weighted by molar-refractivity contribution is 0.0589. The molecule has 0 atom stereocenters. The third-order valence-corrected chi connectivity index (χ3v) is 4.84. The van der Waals surface area contributed by atoms with Crippen molar-refractivity contribution in [1.82, 2.24) is 14.5 Å². The molecule has 1 aliphatic rings. The molecule has 3 heterocycles. The highest BCUT2D eigenvalue weighted by molar-refractivity contribution is 6.02. The Morgan fingerprint density at radius 2 is 2.05 bits per heavy atom. The van der Waals surface area contributed by atoms with Gasteiger partial charge >= 0.3 is 0 Å².